The second-order valence-electron chi connectivity index (χ2n) is 17.5. The molecule has 3 N–H and O–H groups in total. The van der Waals surface area contributed by atoms with Gasteiger partial charge >= 0.3 is 12.2 Å². The van der Waals surface area contributed by atoms with Gasteiger partial charge in [0.05, 0.1) is 17.8 Å². The third-order valence-electron chi connectivity index (χ3n) is 13.4. The first-order valence-corrected chi connectivity index (χ1v) is 23.6. The van der Waals surface area contributed by atoms with Gasteiger partial charge in [0.15, 0.2) is 5.69 Å². The lowest BCUT2D eigenvalue weighted by atomic mass is 9.88. The maximum atomic E-state index is 13.2. The van der Waals surface area contributed by atoms with Crippen LogP contribution in [0, 0.1) is 35.4 Å². The smallest absolute Gasteiger partial charge is 0.410 e. The summed E-state index contributed by atoms with van der Waals surface area (Å²) in [6, 6.07) is 31.8. The molecule has 2 aliphatic carbocycles. The van der Waals surface area contributed by atoms with Crippen molar-refractivity contribution in [2.45, 2.75) is 51.4 Å². The van der Waals surface area contributed by atoms with E-state index in [0.717, 1.165) is 65.3 Å². The van der Waals surface area contributed by atoms with Crippen molar-refractivity contribution < 1.29 is 47.4 Å². The van der Waals surface area contributed by atoms with Crippen LogP contribution >= 0.6 is 11.3 Å². The largest absolute Gasteiger partial charge is 0.494 e. The second-order valence-corrected chi connectivity index (χ2v) is 18.2. The van der Waals surface area contributed by atoms with Crippen LogP contribution in [0.5, 0.6) is 17.2 Å². The molecule has 16 heteroatoms. The lowest BCUT2D eigenvalue weighted by Gasteiger charge is -2.25. The molecule has 7 atom stereocenters. The Morgan fingerprint density at radius 1 is 0.791 bits per heavy atom. The molecule has 4 aliphatic rings. The van der Waals surface area contributed by atoms with Crippen molar-refractivity contribution >= 4 is 29.4 Å². The van der Waals surface area contributed by atoms with Crippen LogP contribution in [-0.2, 0) is 17.8 Å². The van der Waals surface area contributed by atoms with Crippen LogP contribution in [0.4, 0.5) is 14.0 Å². The van der Waals surface area contributed by atoms with E-state index in [1.807, 2.05) is 65.7 Å². The van der Waals surface area contributed by atoms with E-state index in [4.69, 9.17) is 29.2 Å². The Bertz CT molecular complexity index is 2630. The predicted octanol–water partition coefficient (Wildman–Crippen LogP) is 9.45. The molecule has 2 saturated heterocycles. The van der Waals surface area contributed by atoms with Gasteiger partial charge in [0.1, 0.15) is 47.6 Å². The van der Waals surface area contributed by atoms with E-state index in [-0.39, 0.29) is 54.2 Å². The van der Waals surface area contributed by atoms with E-state index in [0.29, 0.717) is 56.0 Å². The minimum absolute atomic E-state index is 0.0141. The lowest BCUT2D eigenvalue weighted by Crippen LogP contribution is -2.33. The number of ether oxygens (including phenoxy) is 4. The number of nitrogens with zero attached hydrogens (tertiary/aromatic N) is 4. The Morgan fingerprint density at radius 3 is 2.16 bits per heavy atom. The van der Waals surface area contributed by atoms with Gasteiger partial charge in [-0.1, -0.05) is 53.7 Å². The average Bonchev–Trinajstić information content (AvgIpc) is 4.20. The zero-order valence-electron chi connectivity index (χ0n) is 36.9. The van der Waals surface area contributed by atoms with Crippen LogP contribution in [0.3, 0.4) is 0 Å². The van der Waals surface area contributed by atoms with Crippen LogP contribution in [0.25, 0.3) is 22.3 Å². The fraction of sp³-hybridized carbons (Fsp3) is 0.353. The van der Waals surface area contributed by atoms with Crippen LogP contribution in [0.1, 0.15) is 48.1 Å². The topological polar surface area (TPSA) is 180 Å². The lowest BCUT2D eigenvalue weighted by molar-refractivity contribution is 0.0951. The number of nitrogens with two attached hydrogens (primary N) is 1. The molecule has 4 aromatic carbocycles. The Morgan fingerprint density at radius 2 is 1.48 bits per heavy atom. The van der Waals surface area contributed by atoms with Crippen LogP contribution in [-0.4, -0.2) is 88.1 Å². The number of rotatable bonds is 13. The first kappa shape index (κ1) is 45.2. The number of thiazole rings is 1. The van der Waals surface area contributed by atoms with Gasteiger partial charge in [0.2, 0.25) is 0 Å². The number of halogens is 1. The van der Waals surface area contributed by atoms with E-state index in [1.54, 1.807) is 17.6 Å². The fourth-order valence-electron chi connectivity index (χ4n) is 10.1. The number of carbonyl (C=O) groups excluding carboxylic acids is 2. The van der Waals surface area contributed by atoms with Gasteiger partial charge in [-0.15, -0.1) is 11.3 Å². The number of aromatic nitrogens is 2. The molecule has 0 radical (unpaired) electrons. The number of likely N-dealkylation sites (tertiary alicyclic amines) is 2. The summed E-state index contributed by atoms with van der Waals surface area (Å²) < 4.78 is 42.4. The van der Waals surface area contributed by atoms with Gasteiger partial charge in [0, 0.05) is 55.9 Å². The van der Waals surface area contributed by atoms with Gasteiger partial charge in [0.25, 0.3) is 5.91 Å². The summed E-state index contributed by atoms with van der Waals surface area (Å²) in [4.78, 5) is 42.9. The summed E-state index contributed by atoms with van der Waals surface area (Å²) in [5.74, 6) is 3.12. The number of carboxylic acid groups (broad SMARTS) is 1. The number of hydrogen-bond donors (Lipinski definition) is 2. The number of benzene rings is 4. The Kier molecular flexibility index (Phi) is 13.7. The highest BCUT2D eigenvalue weighted by atomic mass is 32.1. The Labute approximate surface area is 391 Å². The summed E-state index contributed by atoms with van der Waals surface area (Å²) in [5.41, 5.74) is 12.0. The van der Waals surface area contributed by atoms with Crippen molar-refractivity contribution in [3.8, 4) is 39.5 Å². The predicted molar refractivity (Wildman–Crippen MR) is 247 cm³/mol. The normalized spacial score (nSPS) is 22.6. The molecule has 0 bridgehead atoms. The van der Waals surface area contributed by atoms with E-state index in [1.165, 1.54) is 34.4 Å². The molecule has 2 aromatic heterocycles. The molecule has 348 valence electrons. The molecule has 3 unspecified atom stereocenters. The van der Waals surface area contributed by atoms with Gasteiger partial charge in [-0.3, -0.25) is 4.79 Å². The Hall–Kier alpha value is -6.94. The van der Waals surface area contributed by atoms with Gasteiger partial charge < -0.3 is 44.1 Å². The van der Waals surface area contributed by atoms with Gasteiger partial charge in [-0.05, 0) is 115 Å². The zero-order chi connectivity index (χ0) is 46.4. The zero-order valence-corrected chi connectivity index (χ0v) is 37.8. The van der Waals surface area contributed by atoms with Crippen molar-refractivity contribution in [1.29, 1.82) is 0 Å². The van der Waals surface area contributed by atoms with Crippen molar-refractivity contribution in [2.75, 3.05) is 32.8 Å². The van der Waals surface area contributed by atoms with E-state index in [2.05, 4.69) is 34.4 Å². The number of carbonyl (C=O) groups is 3. The van der Waals surface area contributed by atoms with Crippen molar-refractivity contribution in [1.82, 2.24) is 19.9 Å². The Balaban J connectivity index is 0.000000168. The summed E-state index contributed by atoms with van der Waals surface area (Å²) in [5, 5.41) is 15.1. The summed E-state index contributed by atoms with van der Waals surface area (Å²) in [6.07, 6.45) is 2.06. The minimum Gasteiger partial charge on any atom is -0.494 e. The van der Waals surface area contributed by atoms with E-state index in [9.17, 15) is 23.9 Å². The summed E-state index contributed by atoms with van der Waals surface area (Å²) in [6.45, 7) is 5.21. The molecular formula is C51H52FN5O9S. The highest BCUT2D eigenvalue weighted by molar-refractivity contribution is 7.07. The third kappa shape index (κ3) is 10.7. The summed E-state index contributed by atoms with van der Waals surface area (Å²) >= 11 is 1.50. The van der Waals surface area contributed by atoms with E-state index < -0.39 is 12.0 Å². The van der Waals surface area contributed by atoms with Gasteiger partial charge in [-0.25, -0.2) is 19.0 Å². The maximum Gasteiger partial charge on any atom is 0.410 e. The highest BCUT2D eigenvalue weighted by Crippen LogP contribution is 2.46. The first-order valence-electron chi connectivity index (χ1n) is 22.6. The quantitative estimate of drug-likeness (QED) is 0.113. The highest BCUT2D eigenvalue weighted by Gasteiger charge is 2.50. The second kappa shape index (κ2) is 20.3. The van der Waals surface area contributed by atoms with Crippen LogP contribution in [0.15, 0.2) is 119 Å². The molecule has 14 nitrogen and oxygen atoms in total. The number of primary amides is 1. The molecule has 2 saturated carbocycles. The minimum atomic E-state index is -0.919. The number of fused-ring (bicyclic) bond motifs is 2. The monoisotopic (exact) mass is 929 g/mol. The molecular weight excluding hydrogens is 878 g/mol. The molecule has 4 fully saturated rings. The average molecular weight is 930 g/mol. The SMILES string of the molecule is CCOc1ccc(-c2cccc(OC3CCC4CN(C(=O)OCc5cscn5)CC43)c2)cc1.NC(=O)c1cc(C[C@@H]2[C@@H]3CN(C(=O)O)C[C@H]3C[C@@H]2Oc2ccc(-c3ccc(F)cc3)cc2)on1. The third-order valence-corrected chi connectivity index (χ3v) is 14.0. The number of amides is 3. The van der Waals surface area contributed by atoms with Crippen molar-refractivity contribution in [3.63, 3.8) is 0 Å². The molecule has 2 aliphatic heterocycles. The standard InChI is InChI=1S/C26H28N2O4S.C25H24FN3O5/c1-2-30-22-9-6-18(7-10-22)19-4-3-5-23(12-19)32-25-11-8-20-13-28(14-24(20)25)26(29)31-15-21-16-33-17-27-21;26-17-5-1-14(2-6-17)15-3-7-18(8-4-15)33-23-9-16-12-29(25(31)32)13-21(16)20(23)10-19-11-22(24(27)30)28-34-19/h3-7,9-10,12,16-17,20,24-25H,2,8,11,13-15H2,1H3;1-8,11,16,20-21,23H,9-10,12-13H2,(H2,27,30)(H,31,32)/t;16-,20-,21-,23+/m.1/s1. The van der Waals surface area contributed by atoms with Crippen molar-refractivity contribution in [3.05, 3.63) is 137 Å². The van der Waals surface area contributed by atoms with Crippen LogP contribution < -0.4 is 19.9 Å². The van der Waals surface area contributed by atoms with Gasteiger partial charge in [-0.2, -0.15) is 0 Å². The molecule has 4 heterocycles. The fourth-order valence-corrected chi connectivity index (χ4v) is 10.7. The van der Waals surface area contributed by atoms with Crippen LogP contribution in [0.2, 0.25) is 0 Å². The molecule has 67 heavy (non-hydrogen) atoms. The molecule has 0 spiro atoms. The first-order chi connectivity index (χ1) is 32.6. The summed E-state index contributed by atoms with van der Waals surface area (Å²) in [7, 11) is 0. The molecule has 3 amide bonds. The van der Waals surface area contributed by atoms with E-state index >= 15 is 0 Å². The molecule has 6 aromatic rings. The maximum absolute atomic E-state index is 13.2. The number of hydrogen-bond acceptors (Lipinski definition) is 11. The molecule has 10 rings (SSSR count). The van der Waals surface area contributed by atoms with Crippen molar-refractivity contribution in [2.24, 2.45) is 35.3 Å².